The third kappa shape index (κ3) is 5.44. The minimum Gasteiger partial charge on any atom is -0.356 e. The fourth-order valence-corrected chi connectivity index (χ4v) is 3.53. The number of carbonyl (C=O) groups is 1. The minimum atomic E-state index is -0.000854. The van der Waals surface area contributed by atoms with Gasteiger partial charge in [0.2, 0.25) is 11.9 Å². The molecule has 2 aromatic carbocycles. The summed E-state index contributed by atoms with van der Waals surface area (Å²) >= 11 is 0. The normalized spacial score (nSPS) is 10.8. The van der Waals surface area contributed by atoms with Gasteiger partial charge in [-0.3, -0.25) is 4.79 Å². The SMILES string of the molecule is Cc1cccc(CC(=O)NCc2ccc(-c3nc(N(C)C)ncc3-c3cc(C)no3)cc2)c1. The number of hydrogen-bond donors (Lipinski definition) is 1. The Morgan fingerprint density at radius 3 is 2.48 bits per heavy atom. The maximum Gasteiger partial charge on any atom is 0.225 e. The van der Waals surface area contributed by atoms with Crippen LogP contribution in [0.2, 0.25) is 0 Å². The number of nitrogens with zero attached hydrogens (tertiary/aromatic N) is 4. The predicted octanol–water partition coefficient (Wildman–Crippen LogP) is 4.34. The molecule has 0 saturated heterocycles. The summed E-state index contributed by atoms with van der Waals surface area (Å²) in [5.41, 5.74) is 6.44. The van der Waals surface area contributed by atoms with Gasteiger partial charge in [-0.2, -0.15) is 0 Å². The van der Waals surface area contributed by atoms with Gasteiger partial charge in [0.25, 0.3) is 0 Å². The second-order valence-electron chi connectivity index (χ2n) is 8.30. The number of benzene rings is 2. The Morgan fingerprint density at radius 2 is 1.82 bits per heavy atom. The number of rotatable bonds is 7. The zero-order chi connectivity index (χ0) is 23.4. The minimum absolute atomic E-state index is 0.000854. The first kappa shape index (κ1) is 22.2. The Bertz CT molecular complexity index is 1260. The summed E-state index contributed by atoms with van der Waals surface area (Å²) in [5.74, 6) is 1.23. The lowest BCUT2D eigenvalue weighted by molar-refractivity contribution is -0.120. The van der Waals surface area contributed by atoms with Crippen LogP contribution in [-0.2, 0) is 17.8 Å². The molecule has 0 aliphatic rings. The van der Waals surface area contributed by atoms with E-state index in [4.69, 9.17) is 9.51 Å². The molecule has 7 heteroatoms. The van der Waals surface area contributed by atoms with Crippen molar-refractivity contribution in [2.24, 2.45) is 0 Å². The monoisotopic (exact) mass is 441 g/mol. The first-order valence-electron chi connectivity index (χ1n) is 10.8. The van der Waals surface area contributed by atoms with Crippen LogP contribution in [0.25, 0.3) is 22.6 Å². The second kappa shape index (κ2) is 9.65. The third-order valence-electron chi connectivity index (χ3n) is 5.23. The van der Waals surface area contributed by atoms with E-state index >= 15 is 0 Å². The molecule has 0 radical (unpaired) electrons. The standard InChI is InChI=1S/C26H27N5O2/c1-17-6-5-7-20(12-17)14-24(32)27-15-19-8-10-21(11-9-19)25-22(23-13-18(2)30-33-23)16-28-26(29-25)31(3)4/h5-13,16H,14-15H2,1-4H3,(H,27,32). The molecular formula is C26H27N5O2. The van der Waals surface area contributed by atoms with E-state index in [0.29, 0.717) is 24.7 Å². The van der Waals surface area contributed by atoms with Crippen molar-refractivity contribution < 1.29 is 9.32 Å². The van der Waals surface area contributed by atoms with Crippen molar-refractivity contribution in [2.75, 3.05) is 19.0 Å². The first-order valence-corrected chi connectivity index (χ1v) is 10.8. The largest absolute Gasteiger partial charge is 0.356 e. The Hall–Kier alpha value is -4.00. The Labute approximate surface area is 193 Å². The van der Waals surface area contributed by atoms with E-state index in [2.05, 4.69) is 15.5 Å². The zero-order valence-corrected chi connectivity index (χ0v) is 19.3. The Morgan fingerprint density at radius 1 is 1.03 bits per heavy atom. The molecule has 1 N–H and O–H groups in total. The maximum atomic E-state index is 12.3. The molecule has 2 aromatic heterocycles. The van der Waals surface area contributed by atoms with Gasteiger partial charge >= 0.3 is 0 Å². The van der Waals surface area contributed by atoms with Gasteiger partial charge in [0.05, 0.1) is 23.4 Å². The van der Waals surface area contributed by atoms with E-state index in [9.17, 15) is 4.79 Å². The van der Waals surface area contributed by atoms with E-state index in [-0.39, 0.29) is 5.91 Å². The van der Waals surface area contributed by atoms with Gasteiger partial charge in [0.15, 0.2) is 5.76 Å². The number of nitrogens with one attached hydrogen (secondary N) is 1. The molecule has 1 amide bonds. The molecule has 4 aromatic rings. The van der Waals surface area contributed by atoms with Crippen LogP contribution < -0.4 is 10.2 Å². The number of anilines is 1. The lowest BCUT2D eigenvalue weighted by Gasteiger charge is -2.14. The van der Waals surface area contributed by atoms with Crippen molar-refractivity contribution in [1.82, 2.24) is 20.4 Å². The number of amides is 1. The highest BCUT2D eigenvalue weighted by molar-refractivity contribution is 5.79. The molecule has 0 aliphatic carbocycles. The summed E-state index contributed by atoms with van der Waals surface area (Å²) in [7, 11) is 3.81. The molecule has 0 unspecified atom stereocenters. The van der Waals surface area contributed by atoms with Crippen molar-refractivity contribution in [3.8, 4) is 22.6 Å². The van der Waals surface area contributed by atoms with Crippen LogP contribution in [0.5, 0.6) is 0 Å². The van der Waals surface area contributed by atoms with Gasteiger partial charge < -0.3 is 14.7 Å². The van der Waals surface area contributed by atoms with Crippen molar-refractivity contribution in [3.05, 3.63) is 83.2 Å². The second-order valence-corrected chi connectivity index (χ2v) is 8.30. The van der Waals surface area contributed by atoms with Crippen molar-refractivity contribution >= 4 is 11.9 Å². The van der Waals surface area contributed by atoms with Crippen molar-refractivity contribution in [3.63, 3.8) is 0 Å². The molecule has 4 rings (SSSR count). The Balaban J connectivity index is 1.50. The van der Waals surface area contributed by atoms with E-state index < -0.39 is 0 Å². The van der Waals surface area contributed by atoms with Crippen molar-refractivity contribution in [2.45, 2.75) is 26.8 Å². The molecule has 0 atom stereocenters. The van der Waals surface area contributed by atoms with Gasteiger partial charge in [0.1, 0.15) is 0 Å². The maximum absolute atomic E-state index is 12.3. The van der Waals surface area contributed by atoms with Crippen LogP contribution in [0.4, 0.5) is 5.95 Å². The summed E-state index contributed by atoms with van der Waals surface area (Å²) in [6.07, 6.45) is 2.13. The van der Waals surface area contributed by atoms with Crippen LogP contribution in [0, 0.1) is 13.8 Å². The number of carbonyl (C=O) groups excluding carboxylic acids is 1. The van der Waals surface area contributed by atoms with E-state index in [1.54, 1.807) is 6.20 Å². The smallest absolute Gasteiger partial charge is 0.225 e. The van der Waals surface area contributed by atoms with Gasteiger partial charge in [-0.1, -0.05) is 59.3 Å². The number of aryl methyl sites for hydroxylation is 2. The molecule has 2 heterocycles. The average Bonchev–Trinajstić information content (AvgIpc) is 3.24. The van der Waals surface area contributed by atoms with Gasteiger partial charge in [-0.15, -0.1) is 0 Å². The predicted molar refractivity (Wildman–Crippen MR) is 129 cm³/mol. The highest BCUT2D eigenvalue weighted by Crippen LogP contribution is 2.31. The van der Waals surface area contributed by atoms with Crippen LogP contribution in [-0.4, -0.2) is 35.1 Å². The van der Waals surface area contributed by atoms with E-state index in [1.807, 2.05) is 87.4 Å². The molecule has 0 aliphatic heterocycles. The Kier molecular flexibility index (Phi) is 6.49. The number of hydrogen-bond acceptors (Lipinski definition) is 6. The molecule has 0 fully saturated rings. The van der Waals surface area contributed by atoms with E-state index in [1.165, 1.54) is 0 Å². The topological polar surface area (TPSA) is 84.2 Å². The summed E-state index contributed by atoms with van der Waals surface area (Å²) in [5, 5.41) is 6.99. The number of aromatic nitrogens is 3. The van der Waals surface area contributed by atoms with Crippen LogP contribution in [0.1, 0.15) is 22.4 Å². The van der Waals surface area contributed by atoms with Gasteiger partial charge in [-0.25, -0.2) is 9.97 Å². The lowest BCUT2D eigenvalue weighted by atomic mass is 10.0. The first-order chi connectivity index (χ1) is 15.9. The molecule has 33 heavy (non-hydrogen) atoms. The van der Waals surface area contributed by atoms with Crippen LogP contribution in [0.3, 0.4) is 0 Å². The van der Waals surface area contributed by atoms with Crippen LogP contribution in [0.15, 0.2) is 65.3 Å². The fraction of sp³-hybridized carbons (Fsp3) is 0.231. The molecule has 168 valence electrons. The van der Waals surface area contributed by atoms with E-state index in [0.717, 1.165) is 39.2 Å². The quantitative estimate of drug-likeness (QED) is 0.459. The lowest BCUT2D eigenvalue weighted by Crippen LogP contribution is -2.24. The molecule has 0 spiro atoms. The molecule has 0 bridgehead atoms. The molecular weight excluding hydrogens is 414 g/mol. The third-order valence-corrected chi connectivity index (χ3v) is 5.23. The molecule has 7 nitrogen and oxygen atoms in total. The summed E-state index contributed by atoms with van der Waals surface area (Å²) in [4.78, 5) is 23.4. The summed E-state index contributed by atoms with van der Waals surface area (Å²) in [6.45, 7) is 4.37. The highest BCUT2D eigenvalue weighted by Gasteiger charge is 2.16. The van der Waals surface area contributed by atoms with Crippen LogP contribution >= 0.6 is 0 Å². The average molecular weight is 442 g/mol. The summed E-state index contributed by atoms with van der Waals surface area (Å²) < 4.78 is 5.47. The summed E-state index contributed by atoms with van der Waals surface area (Å²) in [6, 6.07) is 17.9. The highest BCUT2D eigenvalue weighted by atomic mass is 16.5. The van der Waals surface area contributed by atoms with Crippen molar-refractivity contribution in [1.29, 1.82) is 0 Å². The zero-order valence-electron chi connectivity index (χ0n) is 19.3. The molecule has 0 saturated carbocycles. The van der Waals surface area contributed by atoms with Gasteiger partial charge in [-0.05, 0) is 25.0 Å². The van der Waals surface area contributed by atoms with Gasteiger partial charge in [0, 0.05) is 38.5 Å². The fourth-order valence-electron chi connectivity index (χ4n) is 3.53.